The molecule has 0 aliphatic carbocycles. The van der Waals surface area contributed by atoms with Gasteiger partial charge in [0.25, 0.3) is 11.8 Å². The molecular formula is C34H42N6O6. The molecule has 1 aromatic heterocycles. The summed E-state index contributed by atoms with van der Waals surface area (Å²) >= 11 is 0. The van der Waals surface area contributed by atoms with Crippen molar-refractivity contribution in [1.29, 1.82) is 0 Å². The van der Waals surface area contributed by atoms with Gasteiger partial charge in [-0.3, -0.25) is 14.9 Å². The number of likely N-dealkylation sites (tertiary alicyclic amines) is 1. The Morgan fingerprint density at radius 1 is 1.04 bits per heavy atom. The standard InChI is InChI=1S/C34H42N6O6/c1-3-6-27(32(41)36-16-20-45-22-21-44-19-15-35)23-24(2)37-34(43)46-28-13-17-40(18-14-28)33(42)26-11-9-25(10-12-26)31-38-29-7-4-5-8-30(29)39-31/h3-12,23,28H,1,13-22,35H2,2H3,(H,36,41)(H,37,43)(H,38,39)/b24-23+,27-6+. The number of amides is 3. The van der Waals surface area contributed by atoms with Crippen LogP contribution in [0.3, 0.4) is 0 Å². The normalized spacial score (nSPS) is 14.3. The van der Waals surface area contributed by atoms with E-state index < -0.39 is 6.09 Å². The zero-order valence-electron chi connectivity index (χ0n) is 26.1. The minimum absolute atomic E-state index is 0.0688. The molecule has 0 radical (unpaired) electrons. The molecular weight excluding hydrogens is 588 g/mol. The monoisotopic (exact) mass is 630 g/mol. The van der Waals surface area contributed by atoms with Gasteiger partial charge in [-0.25, -0.2) is 9.78 Å². The highest BCUT2D eigenvalue weighted by atomic mass is 16.6. The van der Waals surface area contributed by atoms with Gasteiger partial charge in [0.1, 0.15) is 11.9 Å². The van der Waals surface area contributed by atoms with Crippen LogP contribution in [-0.4, -0.2) is 91.5 Å². The third-order valence-electron chi connectivity index (χ3n) is 7.19. The van der Waals surface area contributed by atoms with E-state index >= 15 is 0 Å². The van der Waals surface area contributed by atoms with Gasteiger partial charge in [0.15, 0.2) is 0 Å². The van der Waals surface area contributed by atoms with Crippen molar-refractivity contribution in [3.8, 4) is 11.4 Å². The first-order valence-electron chi connectivity index (χ1n) is 15.3. The summed E-state index contributed by atoms with van der Waals surface area (Å²) in [5.74, 6) is 0.347. The van der Waals surface area contributed by atoms with Crippen LogP contribution < -0.4 is 16.4 Å². The number of rotatable bonds is 15. The number of carbonyl (C=O) groups is 3. The van der Waals surface area contributed by atoms with E-state index in [4.69, 9.17) is 19.9 Å². The summed E-state index contributed by atoms with van der Waals surface area (Å²) < 4.78 is 16.2. The molecule has 0 bridgehead atoms. The fraction of sp³-hybridized carbons (Fsp3) is 0.353. The number of aromatic nitrogens is 2. The lowest BCUT2D eigenvalue weighted by Crippen LogP contribution is -2.42. The maximum atomic E-state index is 13.1. The molecule has 1 saturated heterocycles. The van der Waals surface area contributed by atoms with Gasteiger partial charge in [0.2, 0.25) is 0 Å². The van der Waals surface area contributed by atoms with Crippen LogP contribution in [0.25, 0.3) is 22.4 Å². The van der Waals surface area contributed by atoms with Gasteiger partial charge < -0.3 is 35.1 Å². The Kier molecular flexibility index (Phi) is 13.1. The Balaban J connectivity index is 1.19. The van der Waals surface area contributed by atoms with Crippen LogP contribution in [0.5, 0.6) is 0 Å². The number of ether oxygens (including phenoxy) is 3. The van der Waals surface area contributed by atoms with Crippen LogP contribution in [0.1, 0.15) is 30.1 Å². The number of H-pyrrole nitrogens is 1. The van der Waals surface area contributed by atoms with Crippen molar-refractivity contribution in [3.63, 3.8) is 0 Å². The topological polar surface area (TPSA) is 161 Å². The van der Waals surface area contributed by atoms with E-state index in [1.54, 1.807) is 36.1 Å². The Labute approximate surface area is 268 Å². The van der Waals surface area contributed by atoms with Gasteiger partial charge in [-0.2, -0.15) is 0 Å². The number of alkyl carbamates (subject to hydrolysis) is 1. The van der Waals surface area contributed by atoms with E-state index in [1.165, 1.54) is 6.08 Å². The Bertz CT molecular complexity index is 1510. The Morgan fingerprint density at radius 2 is 1.76 bits per heavy atom. The fourth-order valence-corrected chi connectivity index (χ4v) is 4.89. The molecule has 1 aliphatic rings. The van der Waals surface area contributed by atoms with E-state index in [-0.39, 0.29) is 17.9 Å². The summed E-state index contributed by atoms with van der Waals surface area (Å²) in [4.78, 5) is 48.0. The molecule has 0 spiro atoms. The van der Waals surface area contributed by atoms with E-state index in [0.717, 1.165) is 22.4 Å². The Morgan fingerprint density at radius 3 is 2.46 bits per heavy atom. The molecule has 3 aromatic rings. The molecule has 5 N–H and O–H groups in total. The highest BCUT2D eigenvalue weighted by Crippen LogP contribution is 2.22. The first-order chi connectivity index (χ1) is 22.4. The van der Waals surface area contributed by atoms with E-state index in [9.17, 15) is 14.4 Å². The number of benzene rings is 2. The van der Waals surface area contributed by atoms with Gasteiger partial charge in [-0.15, -0.1) is 0 Å². The zero-order chi connectivity index (χ0) is 32.7. The van der Waals surface area contributed by atoms with E-state index in [1.807, 2.05) is 36.4 Å². The molecule has 1 fully saturated rings. The van der Waals surface area contributed by atoms with E-state index in [2.05, 4.69) is 27.2 Å². The van der Waals surface area contributed by atoms with Crippen LogP contribution in [0.15, 0.2) is 84.6 Å². The average molecular weight is 631 g/mol. The lowest BCUT2D eigenvalue weighted by atomic mass is 10.1. The number of nitrogens with one attached hydrogen (secondary N) is 3. The molecule has 2 heterocycles. The predicted molar refractivity (Wildman–Crippen MR) is 176 cm³/mol. The number of piperidine rings is 1. The molecule has 4 rings (SSSR count). The molecule has 244 valence electrons. The molecule has 12 nitrogen and oxygen atoms in total. The first-order valence-corrected chi connectivity index (χ1v) is 15.3. The maximum Gasteiger partial charge on any atom is 0.411 e. The molecule has 46 heavy (non-hydrogen) atoms. The van der Waals surface area contributed by atoms with Crippen molar-refractivity contribution in [1.82, 2.24) is 25.5 Å². The number of nitrogens with two attached hydrogens (primary N) is 1. The molecule has 0 unspecified atom stereocenters. The summed E-state index contributed by atoms with van der Waals surface area (Å²) in [5.41, 5.74) is 9.44. The van der Waals surface area contributed by atoms with Gasteiger partial charge in [0.05, 0.1) is 37.5 Å². The van der Waals surface area contributed by atoms with Gasteiger partial charge in [-0.1, -0.05) is 36.9 Å². The lowest BCUT2D eigenvalue weighted by Gasteiger charge is -2.31. The van der Waals surface area contributed by atoms with Crippen molar-refractivity contribution < 1.29 is 28.6 Å². The van der Waals surface area contributed by atoms with Gasteiger partial charge in [-0.05, 0) is 43.3 Å². The number of nitrogens with zero attached hydrogens (tertiary/aromatic N) is 2. The van der Waals surface area contributed by atoms with Crippen LogP contribution in [-0.2, 0) is 19.0 Å². The first kappa shape index (κ1) is 34.1. The predicted octanol–water partition coefficient (Wildman–Crippen LogP) is 3.69. The van der Waals surface area contributed by atoms with Crippen molar-refractivity contribution >= 4 is 28.9 Å². The quantitative estimate of drug-likeness (QED) is 0.112. The molecule has 3 amide bonds. The lowest BCUT2D eigenvalue weighted by molar-refractivity contribution is -0.117. The van der Waals surface area contributed by atoms with Crippen LogP contribution in [0.2, 0.25) is 0 Å². The second-order valence-electron chi connectivity index (χ2n) is 10.7. The number of allylic oxidation sites excluding steroid dienone is 3. The SMILES string of the molecule is C=C/C=C(\C=C(/C)NC(=O)OC1CCN(C(=O)c2ccc(-c3nc4ccccc4[nH]3)cc2)CC1)C(=O)NCCOCCOCCN. The summed E-state index contributed by atoms with van der Waals surface area (Å²) in [7, 11) is 0. The number of fused-ring (bicyclic) bond motifs is 1. The molecule has 0 saturated carbocycles. The minimum atomic E-state index is -0.622. The highest BCUT2D eigenvalue weighted by Gasteiger charge is 2.26. The minimum Gasteiger partial charge on any atom is -0.446 e. The van der Waals surface area contributed by atoms with Gasteiger partial charge in [0, 0.05) is 61.4 Å². The third kappa shape index (κ3) is 10.1. The number of aromatic amines is 1. The number of hydrogen-bond donors (Lipinski definition) is 4. The second kappa shape index (κ2) is 17.6. The third-order valence-corrected chi connectivity index (χ3v) is 7.19. The van der Waals surface area contributed by atoms with Crippen LogP contribution in [0, 0.1) is 0 Å². The smallest absolute Gasteiger partial charge is 0.411 e. The number of para-hydroxylation sites is 2. The molecule has 1 aliphatic heterocycles. The van der Waals surface area contributed by atoms with Crippen LogP contribution >= 0.6 is 0 Å². The summed E-state index contributed by atoms with van der Waals surface area (Å²) in [6.07, 6.45) is 4.66. The summed E-state index contributed by atoms with van der Waals surface area (Å²) in [6, 6.07) is 15.2. The van der Waals surface area contributed by atoms with Crippen molar-refractivity contribution in [2.24, 2.45) is 5.73 Å². The number of hydrogen-bond acceptors (Lipinski definition) is 8. The van der Waals surface area contributed by atoms with Crippen LogP contribution in [0.4, 0.5) is 4.79 Å². The molecule has 0 atom stereocenters. The second-order valence-corrected chi connectivity index (χ2v) is 10.7. The highest BCUT2D eigenvalue weighted by molar-refractivity contribution is 5.97. The number of carbonyl (C=O) groups excluding carboxylic acids is 3. The summed E-state index contributed by atoms with van der Waals surface area (Å²) in [5, 5.41) is 5.44. The summed E-state index contributed by atoms with van der Waals surface area (Å²) in [6.45, 7) is 8.67. The van der Waals surface area contributed by atoms with Gasteiger partial charge >= 0.3 is 6.09 Å². The average Bonchev–Trinajstić information content (AvgIpc) is 3.50. The van der Waals surface area contributed by atoms with Crippen molar-refractivity contribution in [2.45, 2.75) is 25.9 Å². The van der Waals surface area contributed by atoms with Crippen molar-refractivity contribution in [2.75, 3.05) is 52.6 Å². The number of imidazole rings is 1. The molecule has 12 heteroatoms. The molecule has 2 aromatic carbocycles. The van der Waals surface area contributed by atoms with Crippen molar-refractivity contribution in [3.05, 3.63) is 90.2 Å². The largest absolute Gasteiger partial charge is 0.446 e. The fourth-order valence-electron chi connectivity index (χ4n) is 4.89. The Hall–Kier alpha value is -4.78. The maximum absolute atomic E-state index is 13.1. The van der Waals surface area contributed by atoms with E-state index in [0.29, 0.717) is 82.3 Å². The zero-order valence-corrected chi connectivity index (χ0v) is 26.1.